The topological polar surface area (TPSA) is 50.1 Å². The van der Waals surface area contributed by atoms with E-state index >= 15 is 0 Å². The second-order valence-electron chi connectivity index (χ2n) is 6.11. The van der Waals surface area contributed by atoms with Crippen molar-refractivity contribution in [3.05, 3.63) is 53.3 Å². The molecule has 21 heavy (non-hydrogen) atoms. The monoisotopic (exact) mass is 285 g/mol. The van der Waals surface area contributed by atoms with Crippen LogP contribution in [0.15, 0.2) is 36.4 Å². The molecule has 1 saturated carbocycles. The summed E-state index contributed by atoms with van der Waals surface area (Å²) in [6.45, 7) is 4.76. The summed E-state index contributed by atoms with van der Waals surface area (Å²) in [5.41, 5.74) is 2.79. The van der Waals surface area contributed by atoms with Crippen molar-refractivity contribution in [1.82, 2.24) is 15.1 Å². The molecule has 4 heteroatoms. The van der Waals surface area contributed by atoms with Gasteiger partial charge < -0.3 is 10.4 Å². The molecular formula is C17H23N3O. The van der Waals surface area contributed by atoms with Crippen molar-refractivity contribution in [1.29, 1.82) is 0 Å². The van der Waals surface area contributed by atoms with E-state index in [9.17, 15) is 5.11 Å². The molecular weight excluding hydrogens is 262 g/mol. The number of aliphatic hydroxyl groups excluding tert-OH is 1. The van der Waals surface area contributed by atoms with Gasteiger partial charge in [0, 0.05) is 11.7 Å². The van der Waals surface area contributed by atoms with Crippen molar-refractivity contribution in [2.45, 2.75) is 44.8 Å². The zero-order chi connectivity index (χ0) is 14.9. The lowest BCUT2D eigenvalue weighted by Crippen LogP contribution is -2.50. The number of nitrogens with one attached hydrogen (secondary N) is 1. The Morgan fingerprint density at radius 3 is 2.52 bits per heavy atom. The molecule has 1 unspecified atom stereocenters. The summed E-state index contributed by atoms with van der Waals surface area (Å²) in [6.07, 6.45) is 2.37. The van der Waals surface area contributed by atoms with Gasteiger partial charge in [-0.2, -0.15) is 5.10 Å². The van der Waals surface area contributed by atoms with Gasteiger partial charge in [0.2, 0.25) is 0 Å². The van der Waals surface area contributed by atoms with E-state index < -0.39 is 5.54 Å². The number of hydrogen-bond acceptors (Lipinski definition) is 3. The molecule has 0 amide bonds. The van der Waals surface area contributed by atoms with Crippen LogP contribution in [0, 0.1) is 13.8 Å². The SMILES string of the molecule is Cc1cc(C)n(CC(CO)(NC2CC2)c2ccccc2)n1. The van der Waals surface area contributed by atoms with Gasteiger partial charge >= 0.3 is 0 Å². The van der Waals surface area contributed by atoms with Crippen molar-refractivity contribution < 1.29 is 5.11 Å². The lowest BCUT2D eigenvalue weighted by atomic mass is 9.90. The van der Waals surface area contributed by atoms with E-state index in [1.165, 1.54) is 12.8 Å². The van der Waals surface area contributed by atoms with Crippen LogP contribution < -0.4 is 5.32 Å². The van der Waals surface area contributed by atoms with Crippen molar-refractivity contribution in [2.75, 3.05) is 6.61 Å². The number of rotatable bonds is 6. The lowest BCUT2D eigenvalue weighted by Gasteiger charge is -2.34. The van der Waals surface area contributed by atoms with Crippen LogP contribution in [-0.2, 0) is 12.1 Å². The Labute approximate surface area is 125 Å². The summed E-state index contributed by atoms with van der Waals surface area (Å²) >= 11 is 0. The smallest absolute Gasteiger partial charge is 0.0869 e. The van der Waals surface area contributed by atoms with Crippen molar-refractivity contribution in [3.8, 4) is 0 Å². The van der Waals surface area contributed by atoms with Gasteiger partial charge in [-0.25, -0.2) is 0 Å². The third kappa shape index (κ3) is 3.01. The van der Waals surface area contributed by atoms with Crippen LogP contribution >= 0.6 is 0 Å². The Kier molecular flexibility index (Phi) is 3.83. The highest BCUT2D eigenvalue weighted by atomic mass is 16.3. The molecule has 0 aliphatic heterocycles. The van der Waals surface area contributed by atoms with Crippen LogP contribution in [0.2, 0.25) is 0 Å². The van der Waals surface area contributed by atoms with E-state index in [4.69, 9.17) is 0 Å². The molecule has 1 atom stereocenters. The molecule has 1 aliphatic carbocycles. The van der Waals surface area contributed by atoms with Gasteiger partial charge in [0.15, 0.2) is 0 Å². The molecule has 3 rings (SSSR count). The summed E-state index contributed by atoms with van der Waals surface area (Å²) in [7, 11) is 0. The zero-order valence-electron chi connectivity index (χ0n) is 12.7. The van der Waals surface area contributed by atoms with Crippen molar-refractivity contribution >= 4 is 0 Å². The third-order valence-corrected chi connectivity index (χ3v) is 4.18. The summed E-state index contributed by atoms with van der Waals surface area (Å²) in [5.74, 6) is 0. The fraction of sp³-hybridized carbons (Fsp3) is 0.471. The second-order valence-corrected chi connectivity index (χ2v) is 6.11. The third-order valence-electron chi connectivity index (χ3n) is 4.18. The van der Waals surface area contributed by atoms with Gasteiger partial charge in [0.1, 0.15) is 0 Å². The first-order valence-corrected chi connectivity index (χ1v) is 7.58. The van der Waals surface area contributed by atoms with Gasteiger partial charge in [-0.05, 0) is 38.3 Å². The minimum absolute atomic E-state index is 0.0614. The fourth-order valence-corrected chi connectivity index (χ4v) is 2.87. The molecule has 0 radical (unpaired) electrons. The van der Waals surface area contributed by atoms with Crippen molar-refractivity contribution in [2.24, 2.45) is 0 Å². The number of aliphatic hydroxyl groups is 1. The average molecular weight is 285 g/mol. The quantitative estimate of drug-likeness (QED) is 0.855. The molecule has 1 aromatic carbocycles. The zero-order valence-corrected chi connectivity index (χ0v) is 12.7. The van der Waals surface area contributed by atoms with Crippen molar-refractivity contribution in [3.63, 3.8) is 0 Å². The minimum atomic E-state index is -0.467. The van der Waals surface area contributed by atoms with Gasteiger partial charge in [-0.1, -0.05) is 30.3 Å². The van der Waals surface area contributed by atoms with Gasteiger partial charge in [-0.3, -0.25) is 4.68 Å². The Morgan fingerprint density at radius 1 is 1.29 bits per heavy atom. The first kappa shape index (κ1) is 14.3. The normalized spacial score (nSPS) is 17.7. The average Bonchev–Trinajstić information content (AvgIpc) is 3.24. The summed E-state index contributed by atoms with van der Waals surface area (Å²) < 4.78 is 1.99. The predicted molar refractivity (Wildman–Crippen MR) is 83.1 cm³/mol. The Morgan fingerprint density at radius 2 is 2.00 bits per heavy atom. The summed E-state index contributed by atoms with van der Waals surface area (Å²) in [4.78, 5) is 0. The molecule has 1 heterocycles. The summed E-state index contributed by atoms with van der Waals surface area (Å²) in [5, 5.41) is 18.4. The molecule has 1 aliphatic rings. The number of nitrogens with zero attached hydrogens (tertiary/aromatic N) is 2. The molecule has 112 valence electrons. The van der Waals surface area contributed by atoms with Gasteiger partial charge in [-0.15, -0.1) is 0 Å². The molecule has 0 saturated heterocycles. The number of aromatic nitrogens is 2. The van der Waals surface area contributed by atoms with Crippen LogP contribution in [0.4, 0.5) is 0 Å². The Bertz CT molecular complexity index is 604. The predicted octanol–water partition coefficient (Wildman–Crippen LogP) is 2.14. The summed E-state index contributed by atoms with van der Waals surface area (Å²) in [6, 6.07) is 12.8. The number of aryl methyl sites for hydroxylation is 2. The van der Waals surface area contributed by atoms with E-state index in [2.05, 4.69) is 35.5 Å². The highest BCUT2D eigenvalue weighted by Gasteiger charge is 2.38. The van der Waals surface area contributed by atoms with Crippen LogP contribution in [0.3, 0.4) is 0 Å². The van der Waals surface area contributed by atoms with E-state index in [-0.39, 0.29) is 6.61 Å². The Balaban J connectivity index is 1.96. The Hall–Kier alpha value is -1.65. The van der Waals surface area contributed by atoms with E-state index in [1.54, 1.807) is 0 Å². The molecule has 2 aromatic rings. The van der Waals surface area contributed by atoms with E-state index in [1.807, 2.05) is 29.8 Å². The van der Waals surface area contributed by atoms with Crippen LogP contribution in [0.1, 0.15) is 29.8 Å². The molecule has 1 fully saturated rings. The molecule has 0 bridgehead atoms. The standard InChI is InChI=1S/C17H23N3O/c1-13-10-14(2)20(19-13)11-17(12-21,18-16-8-9-16)15-6-4-3-5-7-15/h3-7,10,16,18,21H,8-9,11-12H2,1-2H3. The minimum Gasteiger partial charge on any atom is -0.394 e. The van der Waals surface area contributed by atoms with E-state index in [0.29, 0.717) is 12.6 Å². The molecule has 2 N–H and O–H groups in total. The van der Waals surface area contributed by atoms with E-state index in [0.717, 1.165) is 17.0 Å². The molecule has 0 spiro atoms. The molecule has 4 nitrogen and oxygen atoms in total. The first-order valence-electron chi connectivity index (χ1n) is 7.58. The second kappa shape index (κ2) is 5.62. The molecule has 1 aromatic heterocycles. The van der Waals surface area contributed by atoms with Gasteiger partial charge in [0.05, 0.1) is 24.4 Å². The first-order chi connectivity index (χ1) is 10.1. The number of hydrogen-bond donors (Lipinski definition) is 2. The maximum absolute atomic E-state index is 10.2. The maximum atomic E-state index is 10.2. The number of benzene rings is 1. The maximum Gasteiger partial charge on any atom is 0.0869 e. The largest absolute Gasteiger partial charge is 0.394 e. The highest BCUT2D eigenvalue weighted by Crippen LogP contribution is 2.30. The van der Waals surface area contributed by atoms with Crippen LogP contribution in [0.5, 0.6) is 0 Å². The highest BCUT2D eigenvalue weighted by molar-refractivity contribution is 5.26. The lowest BCUT2D eigenvalue weighted by molar-refractivity contribution is 0.135. The van der Waals surface area contributed by atoms with Gasteiger partial charge in [0.25, 0.3) is 0 Å². The fourth-order valence-electron chi connectivity index (χ4n) is 2.87. The van der Waals surface area contributed by atoms with Crippen LogP contribution in [-0.4, -0.2) is 27.5 Å². The van der Waals surface area contributed by atoms with Crippen LogP contribution in [0.25, 0.3) is 0 Å².